The second kappa shape index (κ2) is 9.29. The molecule has 2 atom stereocenters. The quantitative estimate of drug-likeness (QED) is 0.316. The predicted molar refractivity (Wildman–Crippen MR) is 98.5 cm³/mol. The van der Waals surface area contributed by atoms with Crippen LogP contribution in [0.4, 0.5) is 13.2 Å². The van der Waals surface area contributed by atoms with Gasteiger partial charge in [-0.3, -0.25) is 0 Å². The van der Waals surface area contributed by atoms with Gasteiger partial charge in [-0.25, -0.2) is 8.42 Å². The standard InChI is InChI=1S/C14H25OSSi.CHF3O3S/c1-12(17(4,5)6)16(3)11-13-7-9-14(15-2)10-8-13;2-1(3,4)8(5,6)7/h7-10,12H,11H2,1-6H3;(H,5,6,7)/q+1;/p-1. The Hall–Kier alpha value is -0.713. The van der Waals surface area contributed by atoms with E-state index < -0.39 is 23.7 Å². The lowest BCUT2D eigenvalue weighted by atomic mass is 10.2. The highest BCUT2D eigenvalue weighted by Gasteiger charge is 2.37. The predicted octanol–water partition coefficient (Wildman–Crippen LogP) is 3.76. The van der Waals surface area contributed by atoms with Crippen LogP contribution in [0, 0.1) is 0 Å². The number of hydrogen-bond donors (Lipinski definition) is 0. The second-order valence-corrected chi connectivity index (χ2v) is 16.4. The van der Waals surface area contributed by atoms with E-state index in [1.54, 1.807) is 7.11 Å². The van der Waals surface area contributed by atoms with Gasteiger partial charge in [0.25, 0.3) is 0 Å². The second-order valence-electron chi connectivity index (χ2n) is 6.59. The Morgan fingerprint density at radius 2 is 1.60 bits per heavy atom. The maximum absolute atomic E-state index is 10.7. The molecule has 146 valence electrons. The van der Waals surface area contributed by atoms with Gasteiger partial charge in [0.05, 0.1) is 13.4 Å². The highest BCUT2D eigenvalue weighted by Crippen LogP contribution is 2.22. The summed E-state index contributed by atoms with van der Waals surface area (Å²) in [5.74, 6) is 2.15. The third-order valence-electron chi connectivity index (χ3n) is 3.66. The zero-order valence-electron chi connectivity index (χ0n) is 15.2. The molecule has 4 nitrogen and oxygen atoms in total. The molecule has 0 aliphatic heterocycles. The van der Waals surface area contributed by atoms with Gasteiger partial charge in [0.15, 0.2) is 10.1 Å². The van der Waals surface area contributed by atoms with Gasteiger partial charge in [-0.05, 0) is 30.0 Å². The van der Waals surface area contributed by atoms with Crippen LogP contribution in [0.15, 0.2) is 24.3 Å². The maximum Gasteiger partial charge on any atom is 0.485 e. The number of methoxy groups -OCH3 is 1. The van der Waals surface area contributed by atoms with E-state index in [0.29, 0.717) is 10.9 Å². The summed E-state index contributed by atoms with van der Waals surface area (Å²) >= 11 is 0. The van der Waals surface area contributed by atoms with Crippen molar-refractivity contribution in [2.75, 3.05) is 13.4 Å². The molecule has 0 N–H and O–H groups in total. The molecule has 0 aliphatic rings. The van der Waals surface area contributed by atoms with E-state index in [4.69, 9.17) is 17.7 Å². The van der Waals surface area contributed by atoms with Crippen LogP contribution in [0.3, 0.4) is 0 Å². The molecule has 0 saturated carbocycles. The minimum absolute atomic E-state index is 0.477. The molecule has 0 fully saturated rings. The lowest BCUT2D eigenvalue weighted by Crippen LogP contribution is -2.41. The van der Waals surface area contributed by atoms with Crippen LogP contribution in [0.25, 0.3) is 0 Å². The summed E-state index contributed by atoms with van der Waals surface area (Å²) < 4.78 is 64.1. The molecule has 10 heteroatoms. The SMILES string of the molecule is COc1ccc(C[S+](C)C(C)[Si](C)(C)C)cc1.O=S(=O)([O-])C(F)(F)F. The Labute approximate surface area is 151 Å². The van der Waals surface area contributed by atoms with Gasteiger partial charge in [0, 0.05) is 5.56 Å². The van der Waals surface area contributed by atoms with Crippen LogP contribution in [0.1, 0.15) is 12.5 Å². The molecule has 0 radical (unpaired) electrons. The largest absolute Gasteiger partial charge is 0.741 e. The summed E-state index contributed by atoms with van der Waals surface area (Å²) in [6, 6.07) is 8.51. The van der Waals surface area contributed by atoms with Gasteiger partial charge in [-0.2, -0.15) is 13.2 Å². The smallest absolute Gasteiger partial charge is 0.485 e. The third-order valence-corrected chi connectivity index (χ3v) is 12.0. The molecule has 25 heavy (non-hydrogen) atoms. The van der Waals surface area contributed by atoms with Crippen LogP contribution in [0.5, 0.6) is 5.75 Å². The molecule has 0 bridgehead atoms. The van der Waals surface area contributed by atoms with Crippen molar-refractivity contribution in [1.82, 2.24) is 0 Å². The van der Waals surface area contributed by atoms with E-state index in [9.17, 15) is 13.2 Å². The van der Waals surface area contributed by atoms with Crippen molar-refractivity contribution in [2.24, 2.45) is 0 Å². The first-order chi connectivity index (χ1) is 11.1. The van der Waals surface area contributed by atoms with Gasteiger partial charge in [0.1, 0.15) is 24.4 Å². The van der Waals surface area contributed by atoms with Crippen LogP contribution >= 0.6 is 0 Å². The topological polar surface area (TPSA) is 66.4 Å². The van der Waals surface area contributed by atoms with E-state index in [0.717, 1.165) is 10.6 Å². The number of alkyl halides is 3. The van der Waals surface area contributed by atoms with Crippen LogP contribution in [-0.2, 0) is 26.8 Å². The lowest BCUT2D eigenvalue weighted by molar-refractivity contribution is -0.0517. The van der Waals surface area contributed by atoms with Crippen molar-refractivity contribution in [3.8, 4) is 5.75 Å². The molecule has 0 saturated heterocycles. The average Bonchev–Trinajstić information content (AvgIpc) is 2.44. The van der Waals surface area contributed by atoms with Crippen molar-refractivity contribution in [3.63, 3.8) is 0 Å². The normalized spacial score (nSPS) is 15.0. The van der Waals surface area contributed by atoms with Gasteiger partial charge in [-0.15, -0.1) is 0 Å². The number of ether oxygens (including phenoxy) is 1. The number of hydrogen-bond acceptors (Lipinski definition) is 4. The molecule has 0 amide bonds. The first kappa shape index (κ1) is 24.3. The van der Waals surface area contributed by atoms with E-state index in [1.807, 2.05) is 0 Å². The van der Waals surface area contributed by atoms with E-state index in [-0.39, 0.29) is 0 Å². The monoisotopic (exact) mass is 418 g/mol. The molecule has 0 spiro atoms. The Morgan fingerprint density at radius 3 is 1.88 bits per heavy atom. The minimum atomic E-state index is -6.09. The molecule has 0 aromatic heterocycles. The summed E-state index contributed by atoms with van der Waals surface area (Å²) in [7, 11) is -4.91. The Kier molecular flexibility index (Phi) is 9.02. The van der Waals surface area contributed by atoms with Gasteiger partial charge < -0.3 is 9.29 Å². The van der Waals surface area contributed by atoms with Crippen molar-refractivity contribution in [3.05, 3.63) is 29.8 Å². The van der Waals surface area contributed by atoms with E-state index in [2.05, 4.69) is 57.1 Å². The lowest BCUT2D eigenvalue weighted by Gasteiger charge is -2.23. The summed E-state index contributed by atoms with van der Waals surface area (Å²) in [4.78, 5) is 0.879. The van der Waals surface area contributed by atoms with Crippen molar-refractivity contribution < 1.29 is 30.9 Å². The molecule has 1 aromatic rings. The summed E-state index contributed by atoms with van der Waals surface area (Å²) in [5, 5.41) is 0. The van der Waals surface area contributed by atoms with Crippen LogP contribution in [-0.4, -0.2) is 44.8 Å². The van der Waals surface area contributed by atoms with Crippen molar-refractivity contribution in [1.29, 1.82) is 0 Å². The molecular weight excluding hydrogens is 393 g/mol. The Morgan fingerprint density at radius 1 is 1.20 bits per heavy atom. The van der Waals surface area contributed by atoms with Crippen LogP contribution in [0.2, 0.25) is 19.6 Å². The van der Waals surface area contributed by atoms with Gasteiger partial charge >= 0.3 is 5.51 Å². The zero-order chi connectivity index (χ0) is 20.1. The summed E-state index contributed by atoms with van der Waals surface area (Å²) in [5.41, 5.74) is -4.21. The first-order valence-corrected chi connectivity index (χ1v) is 14.2. The highest BCUT2D eigenvalue weighted by atomic mass is 32.2. The number of benzene rings is 1. The third kappa shape index (κ3) is 8.98. The molecule has 0 aliphatic carbocycles. The van der Waals surface area contributed by atoms with Crippen molar-refractivity contribution in [2.45, 2.75) is 42.7 Å². The fourth-order valence-corrected chi connectivity index (χ4v) is 7.76. The summed E-state index contributed by atoms with van der Waals surface area (Å²) in [6.07, 6.45) is 2.41. The fourth-order valence-electron chi connectivity index (χ4n) is 1.71. The highest BCUT2D eigenvalue weighted by molar-refractivity contribution is 7.97. The van der Waals surface area contributed by atoms with Crippen molar-refractivity contribution >= 4 is 29.1 Å². The zero-order valence-corrected chi connectivity index (χ0v) is 17.8. The first-order valence-electron chi connectivity index (χ1n) is 7.36. The van der Waals surface area contributed by atoms with Gasteiger partial charge in [0.2, 0.25) is 0 Å². The van der Waals surface area contributed by atoms with Gasteiger partial charge in [-0.1, -0.05) is 31.8 Å². The Balaban J connectivity index is 0.000000609. The molecule has 2 unspecified atom stereocenters. The maximum atomic E-state index is 10.7. The number of halogens is 3. The molecular formula is C15H25F3O4S2Si. The molecule has 1 rings (SSSR count). The molecule has 0 heterocycles. The molecule has 1 aromatic carbocycles. The minimum Gasteiger partial charge on any atom is -0.741 e. The Bertz CT molecular complexity index is 626. The average molecular weight is 419 g/mol. The van der Waals surface area contributed by atoms with E-state index >= 15 is 0 Å². The van der Waals surface area contributed by atoms with Crippen LogP contribution < -0.4 is 4.74 Å². The number of rotatable bonds is 5. The van der Waals surface area contributed by atoms with E-state index in [1.165, 1.54) is 11.3 Å². The fraction of sp³-hybridized carbons (Fsp3) is 0.600. The summed E-state index contributed by atoms with van der Waals surface area (Å²) in [6.45, 7) is 9.83.